The summed E-state index contributed by atoms with van der Waals surface area (Å²) in [5, 5.41) is 0. The molecule has 0 N–H and O–H groups in total. The Hall–Kier alpha value is -0.140. The maximum Gasteiger partial charge on any atom is 0.373 e. The lowest BCUT2D eigenvalue weighted by atomic mass is 10.2. The standard InChI is InChI=1S/C6H11Br.CO2/c1-2-6(7)5-3-4-5;2-1-3/h5-6H,2-4H2,1H3;. The van der Waals surface area contributed by atoms with Gasteiger partial charge in [0.2, 0.25) is 0 Å². The molecule has 0 aromatic carbocycles. The summed E-state index contributed by atoms with van der Waals surface area (Å²) < 4.78 is 0. The summed E-state index contributed by atoms with van der Waals surface area (Å²) in [7, 11) is 0. The summed E-state index contributed by atoms with van der Waals surface area (Å²) in [6.07, 6.45) is 4.47. The summed E-state index contributed by atoms with van der Waals surface area (Å²) in [4.78, 5) is 17.1. The minimum absolute atomic E-state index is 0.250. The Morgan fingerprint density at radius 2 is 2.00 bits per heavy atom. The van der Waals surface area contributed by atoms with Crippen LogP contribution in [-0.4, -0.2) is 11.0 Å². The molecule has 0 saturated heterocycles. The van der Waals surface area contributed by atoms with E-state index in [9.17, 15) is 0 Å². The Morgan fingerprint density at radius 1 is 1.60 bits per heavy atom. The van der Waals surface area contributed by atoms with Gasteiger partial charge < -0.3 is 0 Å². The Balaban J connectivity index is 0.000000236. The van der Waals surface area contributed by atoms with Crippen molar-refractivity contribution in [3.8, 4) is 0 Å². The van der Waals surface area contributed by atoms with Crippen molar-refractivity contribution < 1.29 is 9.59 Å². The normalized spacial score (nSPS) is 18.2. The van der Waals surface area contributed by atoms with E-state index in [4.69, 9.17) is 9.59 Å². The van der Waals surface area contributed by atoms with Gasteiger partial charge in [-0.2, -0.15) is 9.59 Å². The molecule has 58 valence electrons. The van der Waals surface area contributed by atoms with Crippen molar-refractivity contribution in [3.63, 3.8) is 0 Å². The SMILES string of the molecule is CCC(Br)C1CC1.O=C=O. The fourth-order valence-corrected chi connectivity index (χ4v) is 1.32. The molecule has 1 atom stereocenters. The maximum atomic E-state index is 8.12. The molecule has 3 heteroatoms. The van der Waals surface area contributed by atoms with Crippen molar-refractivity contribution in [1.82, 2.24) is 0 Å². The molecule has 0 radical (unpaired) electrons. The Morgan fingerprint density at radius 3 is 2.10 bits per heavy atom. The molecule has 1 saturated carbocycles. The zero-order valence-electron chi connectivity index (χ0n) is 5.97. The van der Waals surface area contributed by atoms with Gasteiger partial charge in [-0.1, -0.05) is 22.9 Å². The molecular weight excluding hydrogens is 196 g/mol. The van der Waals surface area contributed by atoms with Crippen molar-refractivity contribution in [2.24, 2.45) is 5.92 Å². The molecule has 1 aliphatic carbocycles. The first-order valence-electron chi connectivity index (χ1n) is 3.39. The van der Waals surface area contributed by atoms with Crippen molar-refractivity contribution >= 4 is 22.1 Å². The summed E-state index contributed by atoms with van der Waals surface area (Å²) in [5.41, 5.74) is 0. The lowest BCUT2D eigenvalue weighted by Crippen LogP contribution is -1.95. The van der Waals surface area contributed by atoms with E-state index in [1.54, 1.807) is 0 Å². The number of carbonyl (C=O) groups excluding carboxylic acids is 2. The average molecular weight is 207 g/mol. The second-order valence-corrected chi connectivity index (χ2v) is 3.52. The van der Waals surface area contributed by atoms with Crippen LogP contribution in [0, 0.1) is 5.92 Å². The molecule has 1 rings (SSSR count). The lowest BCUT2D eigenvalue weighted by Gasteiger charge is -1.99. The van der Waals surface area contributed by atoms with Gasteiger partial charge in [0, 0.05) is 4.83 Å². The van der Waals surface area contributed by atoms with Gasteiger partial charge in [-0.05, 0) is 25.2 Å². The Kier molecular flexibility index (Phi) is 5.55. The van der Waals surface area contributed by atoms with E-state index in [1.165, 1.54) is 19.3 Å². The van der Waals surface area contributed by atoms with Crippen molar-refractivity contribution in [2.75, 3.05) is 0 Å². The maximum absolute atomic E-state index is 8.12. The minimum atomic E-state index is 0.250. The van der Waals surface area contributed by atoms with Crippen molar-refractivity contribution in [2.45, 2.75) is 31.0 Å². The van der Waals surface area contributed by atoms with Gasteiger partial charge in [0.15, 0.2) is 0 Å². The molecule has 10 heavy (non-hydrogen) atoms. The van der Waals surface area contributed by atoms with Crippen LogP contribution in [0.2, 0.25) is 0 Å². The van der Waals surface area contributed by atoms with Crippen LogP contribution in [0.1, 0.15) is 26.2 Å². The molecule has 0 amide bonds. The largest absolute Gasteiger partial charge is 0.373 e. The summed E-state index contributed by atoms with van der Waals surface area (Å²) in [6.45, 7) is 2.23. The van der Waals surface area contributed by atoms with Crippen molar-refractivity contribution in [1.29, 1.82) is 0 Å². The number of rotatable bonds is 2. The number of hydrogen-bond donors (Lipinski definition) is 0. The van der Waals surface area contributed by atoms with Gasteiger partial charge in [0.1, 0.15) is 0 Å². The monoisotopic (exact) mass is 206 g/mol. The molecule has 0 aromatic rings. The highest BCUT2D eigenvalue weighted by molar-refractivity contribution is 9.09. The van der Waals surface area contributed by atoms with E-state index < -0.39 is 0 Å². The third kappa shape index (κ3) is 4.71. The average Bonchev–Trinajstić information content (AvgIpc) is 2.69. The Labute approximate surface area is 69.1 Å². The summed E-state index contributed by atoms with van der Waals surface area (Å²) in [5.74, 6) is 1.03. The molecule has 0 aromatic heterocycles. The third-order valence-corrected chi connectivity index (χ3v) is 2.92. The van der Waals surface area contributed by atoms with E-state index in [0.29, 0.717) is 0 Å². The van der Waals surface area contributed by atoms with Crippen LogP contribution < -0.4 is 0 Å². The molecule has 0 bridgehead atoms. The number of halogens is 1. The van der Waals surface area contributed by atoms with Crippen LogP contribution in [0.4, 0.5) is 0 Å². The van der Waals surface area contributed by atoms with E-state index in [0.717, 1.165) is 10.7 Å². The topological polar surface area (TPSA) is 34.1 Å². The fourth-order valence-electron chi connectivity index (χ4n) is 0.791. The second-order valence-electron chi connectivity index (χ2n) is 2.35. The van der Waals surface area contributed by atoms with Gasteiger partial charge in [0.25, 0.3) is 0 Å². The van der Waals surface area contributed by atoms with Gasteiger partial charge in [-0.3, -0.25) is 0 Å². The van der Waals surface area contributed by atoms with E-state index in [-0.39, 0.29) is 6.15 Å². The van der Waals surface area contributed by atoms with Crippen LogP contribution in [-0.2, 0) is 9.59 Å². The molecule has 0 heterocycles. The fraction of sp³-hybridized carbons (Fsp3) is 0.857. The highest BCUT2D eigenvalue weighted by Crippen LogP contribution is 2.37. The van der Waals surface area contributed by atoms with Crippen LogP contribution in [0.25, 0.3) is 0 Å². The van der Waals surface area contributed by atoms with Crippen LogP contribution >= 0.6 is 15.9 Å². The highest BCUT2D eigenvalue weighted by Gasteiger charge is 2.27. The summed E-state index contributed by atoms with van der Waals surface area (Å²) >= 11 is 3.60. The van der Waals surface area contributed by atoms with Gasteiger partial charge in [-0.15, -0.1) is 0 Å². The van der Waals surface area contributed by atoms with Crippen molar-refractivity contribution in [3.05, 3.63) is 0 Å². The second kappa shape index (κ2) is 5.63. The molecule has 0 aliphatic heterocycles. The zero-order valence-corrected chi connectivity index (χ0v) is 7.56. The van der Waals surface area contributed by atoms with Gasteiger partial charge in [-0.25, -0.2) is 0 Å². The molecule has 1 unspecified atom stereocenters. The lowest BCUT2D eigenvalue weighted by molar-refractivity contribution is -0.191. The molecular formula is C7H11BrO2. The smallest absolute Gasteiger partial charge is 0.186 e. The minimum Gasteiger partial charge on any atom is -0.186 e. The van der Waals surface area contributed by atoms with Crippen LogP contribution in [0.5, 0.6) is 0 Å². The first-order chi connectivity index (χ1) is 4.76. The molecule has 1 aliphatic rings. The first-order valence-corrected chi connectivity index (χ1v) is 4.31. The Bertz CT molecular complexity index is 115. The quantitative estimate of drug-likeness (QED) is 0.649. The molecule has 1 fully saturated rings. The molecule has 0 spiro atoms. The van der Waals surface area contributed by atoms with Gasteiger partial charge >= 0.3 is 6.15 Å². The predicted octanol–water partition coefficient (Wildman–Crippen LogP) is 1.99. The van der Waals surface area contributed by atoms with E-state index in [2.05, 4.69) is 22.9 Å². The third-order valence-electron chi connectivity index (χ3n) is 1.52. The number of alkyl halides is 1. The zero-order chi connectivity index (χ0) is 7.98. The highest BCUT2D eigenvalue weighted by atomic mass is 79.9. The number of hydrogen-bond acceptors (Lipinski definition) is 2. The molecule has 2 nitrogen and oxygen atoms in total. The summed E-state index contributed by atoms with van der Waals surface area (Å²) in [6, 6.07) is 0. The van der Waals surface area contributed by atoms with Crippen LogP contribution in [0.15, 0.2) is 0 Å². The van der Waals surface area contributed by atoms with Gasteiger partial charge in [0.05, 0.1) is 0 Å². The predicted molar refractivity (Wildman–Crippen MR) is 40.7 cm³/mol. The van der Waals surface area contributed by atoms with E-state index >= 15 is 0 Å². The van der Waals surface area contributed by atoms with E-state index in [1.807, 2.05) is 0 Å². The first kappa shape index (κ1) is 9.86. The van der Waals surface area contributed by atoms with Crippen LogP contribution in [0.3, 0.4) is 0 Å².